The maximum absolute atomic E-state index is 12.3. The lowest BCUT2D eigenvalue weighted by Crippen LogP contribution is -2.11. The lowest BCUT2D eigenvalue weighted by atomic mass is 10.2. The predicted octanol–water partition coefficient (Wildman–Crippen LogP) is 5.20. The van der Waals surface area contributed by atoms with Crippen molar-refractivity contribution in [2.45, 2.75) is 0 Å². The summed E-state index contributed by atoms with van der Waals surface area (Å²) in [4.78, 5) is 23.3. The van der Waals surface area contributed by atoms with Gasteiger partial charge in [-0.3, -0.25) is 4.79 Å². The Morgan fingerprint density at radius 2 is 1.80 bits per heavy atom. The molecule has 1 heterocycles. The molecule has 7 heteroatoms. The van der Waals surface area contributed by atoms with E-state index >= 15 is 0 Å². The maximum Gasteiger partial charge on any atom is 0.335 e. The Bertz CT molecular complexity index is 965. The van der Waals surface area contributed by atoms with Gasteiger partial charge in [0.25, 0.3) is 5.91 Å². The molecule has 0 unspecified atom stereocenters. The van der Waals surface area contributed by atoms with Crippen molar-refractivity contribution < 1.29 is 19.1 Å². The molecule has 0 radical (unpaired) electrons. The number of rotatable bonds is 4. The smallest absolute Gasteiger partial charge is 0.335 e. The van der Waals surface area contributed by atoms with Gasteiger partial charge in [0, 0.05) is 16.3 Å². The first-order chi connectivity index (χ1) is 11.9. The number of aromatic carboxylic acids is 1. The maximum atomic E-state index is 12.3. The Balaban J connectivity index is 1.82. The molecule has 3 rings (SSSR count). The third-order valence-electron chi connectivity index (χ3n) is 3.39. The van der Waals surface area contributed by atoms with E-state index in [0.29, 0.717) is 27.1 Å². The fourth-order valence-corrected chi connectivity index (χ4v) is 2.60. The van der Waals surface area contributed by atoms with Crippen LogP contribution in [-0.2, 0) is 0 Å². The molecule has 3 aromatic rings. The molecule has 1 aromatic heterocycles. The van der Waals surface area contributed by atoms with Crippen LogP contribution in [-0.4, -0.2) is 17.0 Å². The highest BCUT2D eigenvalue weighted by molar-refractivity contribution is 6.35. The van der Waals surface area contributed by atoms with Crippen LogP contribution in [0.1, 0.15) is 20.9 Å². The van der Waals surface area contributed by atoms with Gasteiger partial charge in [-0.25, -0.2) is 4.79 Å². The number of carboxylic acids is 1. The van der Waals surface area contributed by atoms with E-state index in [1.54, 1.807) is 36.4 Å². The fraction of sp³-hybridized carbons (Fsp3) is 0. The van der Waals surface area contributed by atoms with Crippen LogP contribution in [0.4, 0.5) is 5.69 Å². The summed E-state index contributed by atoms with van der Waals surface area (Å²) in [5, 5.41) is 12.5. The molecule has 0 saturated carbocycles. The first kappa shape index (κ1) is 17.1. The molecule has 2 N–H and O–H groups in total. The topological polar surface area (TPSA) is 79.5 Å². The molecule has 126 valence electrons. The van der Waals surface area contributed by atoms with Crippen molar-refractivity contribution in [1.82, 2.24) is 0 Å². The summed E-state index contributed by atoms with van der Waals surface area (Å²) in [7, 11) is 0. The number of anilines is 1. The molecule has 0 bridgehead atoms. The van der Waals surface area contributed by atoms with Gasteiger partial charge in [0.15, 0.2) is 5.76 Å². The van der Waals surface area contributed by atoms with E-state index in [4.69, 9.17) is 32.7 Å². The van der Waals surface area contributed by atoms with Gasteiger partial charge >= 0.3 is 5.97 Å². The molecule has 2 aromatic carbocycles. The van der Waals surface area contributed by atoms with Gasteiger partial charge in [0.1, 0.15) is 5.76 Å². The van der Waals surface area contributed by atoms with Crippen LogP contribution in [0, 0.1) is 0 Å². The van der Waals surface area contributed by atoms with Gasteiger partial charge in [-0.05, 0) is 48.5 Å². The molecule has 0 aliphatic heterocycles. The van der Waals surface area contributed by atoms with E-state index in [2.05, 4.69) is 5.32 Å². The highest BCUT2D eigenvalue weighted by Gasteiger charge is 2.15. The summed E-state index contributed by atoms with van der Waals surface area (Å²) in [6.45, 7) is 0. The molecule has 0 saturated heterocycles. The van der Waals surface area contributed by atoms with Gasteiger partial charge in [-0.1, -0.05) is 29.3 Å². The number of benzene rings is 2. The summed E-state index contributed by atoms with van der Waals surface area (Å²) in [6, 6.07) is 14.0. The van der Waals surface area contributed by atoms with E-state index in [-0.39, 0.29) is 11.3 Å². The van der Waals surface area contributed by atoms with Gasteiger partial charge in [0.05, 0.1) is 10.6 Å². The van der Waals surface area contributed by atoms with Crippen molar-refractivity contribution in [3.05, 3.63) is 76.0 Å². The van der Waals surface area contributed by atoms with Crippen LogP contribution in [0.3, 0.4) is 0 Å². The monoisotopic (exact) mass is 375 g/mol. The summed E-state index contributed by atoms with van der Waals surface area (Å²) in [5.41, 5.74) is 0.994. The Labute approximate surface area is 152 Å². The molecule has 0 aliphatic carbocycles. The normalized spacial score (nSPS) is 10.5. The Morgan fingerprint density at radius 3 is 2.56 bits per heavy atom. The van der Waals surface area contributed by atoms with Crippen LogP contribution in [0.25, 0.3) is 11.3 Å². The number of furan rings is 1. The molecule has 0 spiro atoms. The van der Waals surface area contributed by atoms with Gasteiger partial charge in [-0.15, -0.1) is 0 Å². The lowest BCUT2D eigenvalue weighted by molar-refractivity contribution is 0.0696. The van der Waals surface area contributed by atoms with E-state index in [1.165, 1.54) is 18.2 Å². The van der Waals surface area contributed by atoms with Crippen LogP contribution in [0.15, 0.2) is 59.0 Å². The number of carboxylic acid groups (broad SMARTS) is 1. The SMILES string of the molecule is O=C(O)c1cccc(NC(=O)c2ccc(-c3cc(Cl)ccc3Cl)o2)c1. The van der Waals surface area contributed by atoms with Crippen molar-refractivity contribution in [3.8, 4) is 11.3 Å². The van der Waals surface area contributed by atoms with Crippen molar-refractivity contribution in [3.63, 3.8) is 0 Å². The average molecular weight is 376 g/mol. The van der Waals surface area contributed by atoms with Crippen LogP contribution >= 0.6 is 23.2 Å². The number of amides is 1. The van der Waals surface area contributed by atoms with Crippen LogP contribution < -0.4 is 5.32 Å². The van der Waals surface area contributed by atoms with E-state index in [9.17, 15) is 9.59 Å². The minimum atomic E-state index is -1.08. The third-order valence-corrected chi connectivity index (χ3v) is 3.96. The summed E-state index contributed by atoms with van der Waals surface area (Å²) in [5.74, 6) is -1.12. The minimum absolute atomic E-state index is 0.0618. The second-order valence-corrected chi connectivity index (χ2v) is 5.97. The highest BCUT2D eigenvalue weighted by Crippen LogP contribution is 2.32. The Hall–Kier alpha value is -2.76. The molecule has 0 atom stereocenters. The van der Waals surface area contributed by atoms with Crippen LogP contribution in [0.5, 0.6) is 0 Å². The standard InChI is InChI=1S/C18H11Cl2NO4/c19-11-4-5-14(20)13(9-11)15-6-7-16(25-15)17(22)21-12-3-1-2-10(8-12)18(23)24/h1-9H,(H,21,22)(H,23,24). The molecular formula is C18H11Cl2NO4. The van der Waals surface area contributed by atoms with E-state index in [1.807, 2.05) is 0 Å². The summed E-state index contributed by atoms with van der Waals surface area (Å²) >= 11 is 12.1. The van der Waals surface area contributed by atoms with Crippen molar-refractivity contribution in [1.29, 1.82) is 0 Å². The first-order valence-electron chi connectivity index (χ1n) is 7.14. The number of hydrogen-bond donors (Lipinski definition) is 2. The number of carbonyl (C=O) groups is 2. The highest BCUT2D eigenvalue weighted by atomic mass is 35.5. The molecule has 5 nitrogen and oxygen atoms in total. The molecule has 0 aliphatic rings. The number of carbonyl (C=O) groups excluding carboxylic acids is 1. The second-order valence-electron chi connectivity index (χ2n) is 5.13. The predicted molar refractivity (Wildman–Crippen MR) is 95.5 cm³/mol. The van der Waals surface area contributed by atoms with Crippen molar-refractivity contribution >= 4 is 40.8 Å². The van der Waals surface area contributed by atoms with E-state index in [0.717, 1.165) is 0 Å². The first-order valence-corrected chi connectivity index (χ1v) is 7.89. The lowest BCUT2D eigenvalue weighted by Gasteiger charge is -2.04. The second kappa shape index (κ2) is 7.01. The van der Waals surface area contributed by atoms with Crippen LogP contribution in [0.2, 0.25) is 10.0 Å². The zero-order valence-corrected chi connectivity index (χ0v) is 14.1. The average Bonchev–Trinajstić information content (AvgIpc) is 3.07. The van der Waals surface area contributed by atoms with Gasteiger partial charge < -0.3 is 14.8 Å². The van der Waals surface area contributed by atoms with Gasteiger partial charge in [0.2, 0.25) is 0 Å². The largest absolute Gasteiger partial charge is 0.478 e. The third kappa shape index (κ3) is 3.84. The summed E-state index contributed by atoms with van der Waals surface area (Å²) < 4.78 is 5.55. The van der Waals surface area contributed by atoms with E-state index < -0.39 is 11.9 Å². The number of nitrogens with one attached hydrogen (secondary N) is 1. The summed E-state index contributed by atoms with van der Waals surface area (Å²) in [6.07, 6.45) is 0. The quantitative estimate of drug-likeness (QED) is 0.656. The number of halogens is 2. The number of hydrogen-bond acceptors (Lipinski definition) is 3. The zero-order chi connectivity index (χ0) is 18.0. The van der Waals surface area contributed by atoms with Gasteiger partial charge in [-0.2, -0.15) is 0 Å². The Morgan fingerprint density at radius 1 is 1.00 bits per heavy atom. The van der Waals surface area contributed by atoms with Crippen molar-refractivity contribution in [2.24, 2.45) is 0 Å². The minimum Gasteiger partial charge on any atom is -0.478 e. The molecule has 1 amide bonds. The Kier molecular flexibility index (Phi) is 4.79. The molecular weight excluding hydrogens is 365 g/mol. The molecule has 25 heavy (non-hydrogen) atoms. The zero-order valence-electron chi connectivity index (χ0n) is 12.6. The molecule has 0 fully saturated rings. The van der Waals surface area contributed by atoms with Crippen molar-refractivity contribution in [2.75, 3.05) is 5.32 Å². The fourth-order valence-electron chi connectivity index (χ4n) is 2.21.